The number of rotatable bonds is 4. The molecule has 0 aromatic heterocycles. The van der Waals surface area contributed by atoms with Crippen molar-refractivity contribution in [1.29, 1.82) is 0 Å². The number of nitrogens with one attached hydrogen (secondary N) is 1. The summed E-state index contributed by atoms with van der Waals surface area (Å²) in [5, 5.41) is 13.1. The summed E-state index contributed by atoms with van der Waals surface area (Å²) >= 11 is 0. The van der Waals surface area contributed by atoms with Gasteiger partial charge in [0.15, 0.2) is 0 Å². The molecule has 2 heteroatoms. The first-order valence-corrected chi connectivity index (χ1v) is 7.43. The number of aryl methyl sites for hydroxylation is 2. The lowest BCUT2D eigenvalue weighted by Gasteiger charge is -2.16. The minimum atomic E-state index is 0.364. The van der Waals surface area contributed by atoms with Crippen LogP contribution in [0.2, 0.25) is 0 Å². The molecule has 2 nitrogen and oxygen atoms in total. The zero-order valence-corrected chi connectivity index (χ0v) is 11.9. The monoisotopic (exact) mass is 267 g/mol. The Labute approximate surface area is 120 Å². The van der Waals surface area contributed by atoms with E-state index in [-0.39, 0.29) is 0 Å². The molecule has 20 heavy (non-hydrogen) atoms. The van der Waals surface area contributed by atoms with E-state index in [4.69, 9.17) is 0 Å². The number of fused-ring (bicyclic) bond motifs is 1. The normalized spacial score (nSPS) is 16.9. The van der Waals surface area contributed by atoms with Crippen LogP contribution in [0.1, 0.15) is 42.5 Å². The van der Waals surface area contributed by atoms with Gasteiger partial charge in [-0.05, 0) is 60.2 Å². The molecule has 104 valence electrons. The third-order valence-corrected chi connectivity index (χ3v) is 4.04. The van der Waals surface area contributed by atoms with Crippen molar-refractivity contribution in [2.45, 2.75) is 38.6 Å². The highest BCUT2D eigenvalue weighted by Crippen LogP contribution is 2.35. The summed E-state index contributed by atoms with van der Waals surface area (Å²) in [5.74, 6) is 0.369. The van der Waals surface area contributed by atoms with Crippen molar-refractivity contribution in [3.63, 3.8) is 0 Å². The quantitative estimate of drug-likeness (QED) is 0.858. The van der Waals surface area contributed by atoms with Crippen LogP contribution in [0.5, 0.6) is 5.75 Å². The SMILES string of the molecule is CCCc1ccc(NC2CCc3cc(O)ccc32)cc1. The zero-order chi connectivity index (χ0) is 13.9. The lowest BCUT2D eigenvalue weighted by atomic mass is 10.1. The highest BCUT2D eigenvalue weighted by Gasteiger charge is 2.22. The molecule has 0 aliphatic heterocycles. The molecule has 2 aromatic carbocycles. The average molecular weight is 267 g/mol. The number of anilines is 1. The van der Waals surface area contributed by atoms with E-state index >= 15 is 0 Å². The lowest BCUT2D eigenvalue weighted by molar-refractivity contribution is 0.474. The Morgan fingerprint density at radius 3 is 2.70 bits per heavy atom. The van der Waals surface area contributed by atoms with Crippen LogP contribution in [0.25, 0.3) is 0 Å². The van der Waals surface area contributed by atoms with E-state index in [0.29, 0.717) is 11.8 Å². The van der Waals surface area contributed by atoms with Gasteiger partial charge >= 0.3 is 0 Å². The fourth-order valence-corrected chi connectivity index (χ4v) is 3.01. The van der Waals surface area contributed by atoms with Crippen molar-refractivity contribution in [1.82, 2.24) is 0 Å². The zero-order valence-electron chi connectivity index (χ0n) is 11.9. The van der Waals surface area contributed by atoms with Crippen molar-refractivity contribution in [2.24, 2.45) is 0 Å². The molecule has 0 radical (unpaired) electrons. The predicted molar refractivity (Wildman–Crippen MR) is 83.2 cm³/mol. The van der Waals surface area contributed by atoms with E-state index < -0.39 is 0 Å². The highest BCUT2D eigenvalue weighted by atomic mass is 16.3. The minimum Gasteiger partial charge on any atom is -0.508 e. The first-order chi connectivity index (χ1) is 9.76. The van der Waals surface area contributed by atoms with Gasteiger partial charge in [0.25, 0.3) is 0 Å². The van der Waals surface area contributed by atoms with E-state index in [0.717, 1.165) is 19.3 Å². The molecule has 0 saturated carbocycles. The van der Waals surface area contributed by atoms with Crippen LogP contribution in [0, 0.1) is 0 Å². The van der Waals surface area contributed by atoms with Crippen molar-refractivity contribution in [3.8, 4) is 5.75 Å². The number of hydrogen-bond acceptors (Lipinski definition) is 2. The molecular weight excluding hydrogens is 246 g/mol. The first-order valence-electron chi connectivity index (χ1n) is 7.43. The second-order valence-electron chi connectivity index (χ2n) is 5.57. The van der Waals surface area contributed by atoms with Gasteiger partial charge in [-0.25, -0.2) is 0 Å². The molecule has 1 aliphatic carbocycles. The summed E-state index contributed by atoms with van der Waals surface area (Å²) in [7, 11) is 0. The van der Waals surface area contributed by atoms with E-state index in [1.807, 2.05) is 12.1 Å². The molecule has 0 heterocycles. The Hall–Kier alpha value is -1.96. The third-order valence-electron chi connectivity index (χ3n) is 4.04. The van der Waals surface area contributed by atoms with Gasteiger partial charge in [0.05, 0.1) is 6.04 Å². The van der Waals surface area contributed by atoms with Crippen molar-refractivity contribution in [2.75, 3.05) is 5.32 Å². The van der Waals surface area contributed by atoms with Gasteiger partial charge in [-0.1, -0.05) is 31.5 Å². The summed E-state index contributed by atoms with van der Waals surface area (Å²) in [6.45, 7) is 2.21. The molecule has 3 rings (SSSR count). The second-order valence-corrected chi connectivity index (χ2v) is 5.57. The molecular formula is C18H21NO. The summed E-state index contributed by atoms with van der Waals surface area (Å²) in [6, 6.07) is 14.8. The molecule has 1 aliphatic rings. The van der Waals surface area contributed by atoms with Crippen LogP contribution in [0.15, 0.2) is 42.5 Å². The Balaban J connectivity index is 1.73. The molecule has 0 bridgehead atoms. The van der Waals surface area contributed by atoms with E-state index in [9.17, 15) is 5.11 Å². The van der Waals surface area contributed by atoms with E-state index in [1.165, 1.54) is 28.8 Å². The number of phenols is 1. The van der Waals surface area contributed by atoms with Crippen molar-refractivity contribution >= 4 is 5.69 Å². The topological polar surface area (TPSA) is 32.3 Å². The van der Waals surface area contributed by atoms with Crippen LogP contribution >= 0.6 is 0 Å². The van der Waals surface area contributed by atoms with Crippen LogP contribution in [-0.4, -0.2) is 5.11 Å². The molecule has 2 aromatic rings. The van der Waals surface area contributed by atoms with Crippen molar-refractivity contribution in [3.05, 3.63) is 59.2 Å². The molecule has 0 fully saturated rings. The predicted octanol–water partition coefficient (Wildman–Crippen LogP) is 4.44. The first kappa shape index (κ1) is 13.0. The maximum atomic E-state index is 9.53. The minimum absolute atomic E-state index is 0.364. The van der Waals surface area contributed by atoms with Gasteiger partial charge < -0.3 is 10.4 Å². The van der Waals surface area contributed by atoms with Gasteiger partial charge in [0, 0.05) is 5.69 Å². The van der Waals surface area contributed by atoms with Crippen LogP contribution in [-0.2, 0) is 12.8 Å². The van der Waals surface area contributed by atoms with Gasteiger partial charge in [-0.2, -0.15) is 0 Å². The third kappa shape index (κ3) is 2.64. The Morgan fingerprint density at radius 1 is 1.15 bits per heavy atom. The van der Waals surface area contributed by atoms with Gasteiger partial charge in [-0.15, -0.1) is 0 Å². The molecule has 0 spiro atoms. The Kier molecular flexibility index (Phi) is 3.64. The summed E-state index contributed by atoms with van der Waals surface area (Å²) in [5.41, 5.74) is 5.16. The van der Waals surface area contributed by atoms with Gasteiger partial charge in [0.1, 0.15) is 5.75 Å². The average Bonchev–Trinajstić information content (AvgIpc) is 2.83. The van der Waals surface area contributed by atoms with Gasteiger partial charge in [-0.3, -0.25) is 0 Å². The van der Waals surface area contributed by atoms with Crippen LogP contribution in [0.4, 0.5) is 5.69 Å². The maximum absolute atomic E-state index is 9.53. The van der Waals surface area contributed by atoms with Gasteiger partial charge in [0.2, 0.25) is 0 Å². The maximum Gasteiger partial charge on any atom is 0.115 e. The fourth-order valence-electron chi connectivity index (χ4n) is 3.01. The number of phenolic OH excluding ortho intramolecular Hbond substituents is 1. The summed E-state index contributed by atoms with van der Waals surface area (Å²) < 4.78 is 0. The summed E-state index contributed by atoms with van der Waals surface area (Å²) in [6.07, 6.45) is 4.46. The largest absolute Gasteiger partial charge is 0.508 e. The Morgan fingerprint density at radius 2 is 1.95 bits per heavy atom. The van der Waals surface area contributed by atoms with E-state index in [2.05, 4.69) is 36.5 Å². The molecule has 0 saturated heterocycles. The fraction of sp³-hybridized carbons (Fsp3) is 0.333. The number of hydrogen-bond donors (Lipinski definition) is 2. The molecule has 2 N–H and O–H groups in total. The van der Waals surface area contributed by atoms with Crippen molar-refractivity contribution < 1.29 is 5.11 Å². The molecule has 1 unspecified atom stereocenters. The van der Waals surface area contributed by atoms with Crippen LogP contribution in [0.3, 0.4) is 0 Å². The van der Waals surface area contributed by atoms with E-state index in [1.54, 1.807) is 6.07 Å². The second kappa shape index (κ2) is 5.58. The smallest absolute Gasteiger partial charge is 0.115 e. The lowest BCUT2D eigenvalue weighted by Crippen LogP contribution is -2.06. The highest BCUT2D eigenvalue weighted by molar-refractivity contribution is 5.50. The number of benzene rings is 2. The number of aromatic hydroxyl groups is 1. The molecule has 0 amide bonds. The summed E-state index contributed by atoms with van der Waals surface area (Å²) in [4.78, 5) is 0. The van der Waals surface area contributed by atoms with Crippen LogP contribution < -0.4 is 5.32 Å². The molecule has 1 atom stereocenters. The standard InChI is InChI=1S/C18H21NO/c1-2-3-13-4-7-15(8-5-13)19-18-11-6-14-12-16(20)9-10-17(14)18/h4-5,7-10,12,18-20H,2-3,6,11H2,1H3. The Bertz CT molecular complexity index is 589.